The highest BCUT2D eigenvalue weighted by molar-refractivity contribution is 7.15. The van der Waals surface area contributed by atoms with Crippen molar-refractivity contribution in [3.63, 3.8) is 0 Å². The minimum Gasteiger partial charge on any atom is -0.447 e. The van der Waals surface area contributed by atoms with Gasteiger partial charge in [0, 0.05) is 32.8 Å². The zero-order chi connectivity index (χ0) is 22.7. The number of carbonyl (C=O) groups excluding carboxylic acids is 1. The first-order valence-electron chi connectivity index (χ1n) is 9.77. The second-order valence-electron chi connectivity index (χ2n) is 7.14. The number of benzene rings is 1. The third-order valence-corrected chi connectivity index (χ3v) is 6.45. The summed E-state index contributed by atoms with van der Waals surface area (Å²) in [7, 11) is 0. The molecule has 0 saturated carbocycles. The number of aromatic nitrogens is 3. The summed E-state index contributed by atoms with van der Waals surface area (Å²) in [6, 6.07) is 8.10. The van der Waals surface area contributed by atoms with Gasteiger partial charge in [0.25, 0.3) is 0 Å². The molecule has 1 amide bonds. The number of carbonyl (C=O) groups is 1. The van der Waals surface area contributed by atoms with Crippen LogP contribution in [0, 0.1) is 0 Å². The minimum absolute atomic E-state index is 0.118. The number of thiazole rings is 1. The van der Waals surface area contributed by atoms with Crippen molar-refractivity contribution in [3.8, 4) is 10.6 Å². The van der Waals surface area contributed by atoms with E-state index >= 15 is 0 Å². The number of nitrogens with one attached hydrogen (secondary N) is 1. The number of hydrogen-bond donors (Lipinski definition) is 1. The van der Waals surface area contributed by atoms with Crippen LogP contribution < -0.4 is 10.2 Å². The SMILES string of the molecule is C[C@H](Nc1nccc(N2C(=O)OCC2[C@@H](C)N=[N+]=[N-])n1)c1cnc(-c2ccc(Cl)cc2)s1. The predicted molar refractivity (Wildman–Crippen MR) is 123 cm³/mol. The van der Waals surface area contributed by atoms with Gasteiger partial charge in [-0.1, -0.05) is 35.8 Å². The maximum atomic E-state index is 12.3. The fourth-order valence-electron chi connectivity index (χ4n) is 3.24. The molecule has 0 radical (unpaired) electrons. The lowest BCUT2D eigenvalue weighted by atomic mass is 10.1. The highest BCUT2D eigenvalue weighted by atomic mass is 35.5. The van der Waals surface area contributed by atoms with E-state index in [0.717, 1.165) is 15.4 Å². The average molecular weight is 471 g/mol. The van der Waals surface area contributed by atoms with E-state index in [0.29, 0.717) is 16.8 Å². The molecule has 1 N–H and O–H groups in total. The van der Waals surface area contributed by atoms with Gasteiger partial charge in [0.2, 0.25) is 5.95 Å². The molecule has 1 fully saturated rings. The number of amides is 1. The molecule has 0 bridgehead atoms. The Hall–Kier alpha value is -3.40. The Labute approximate surface area is 192 Å². The normalized spacial score (nSPS) is 17.4. The molecule has 164 valence electrons. The van der Waals surface area contributed by atoms with E-state index in [4.69, 9.17) is 21.9 Å². The van der Waals surface area contributed by atoms with E-state index in [1.807, 2.05) is 37.4 Å². The summed E-state index contributed by atoms with van der Waals surface area (Å²) in [5, 5.41) is 8.50. The van der Waals surface area contributed by atoms with E-state index < -0.39 is 18.2 Å². The number of ether oxygens (including phenoxy) is 1. The van der Waals surface area contributed by atoms with E-state index in [1.54, 1.807) is 30.5 Å². The smallest absolute Gasteiger partial charge is 0.415 e. The summed E-state index contributed by atoms with van der Waals surface area (Å²) in [6.45, 7) is 3.83. The number of rotatable bonds is 7. The van der Waals surface area contributed by atoms with Crippen LogP contribution in [0.5, 0.6) is 0 Å². The number of azide groups is 1. The highest BCUT2D eigenvalue weighted by Gasteiger charge is 2.38. The molecule has 1 aliphatic heterocycles. The van der Waals surface area contributed by atoms with Crippen molar-refractivity contribution in [2.75, 3.05) is 16.8 Å². The van der Waals surface area contributed by atoms with Gasteiger partial charge in [0.15, 0.2) is 0 Å². The van der Waals surface area contributed by atoms with Gasteiger partial charge in [-0.15, -0.1) is 11.3 Å². The summed E-state index contributed by atoms with van der Waals surface area (Å²) in [6.07, 6.45) is 2.83. The van der Waals surface area contributed by atoms with Crippen LogP contribution in [0.15, 0.2) is 47.8 Å². The Kier molecular flexibility index (Phi) is 6.40. The lowest BCUT2D eigenvalue weighted by Crippen LogP contribution is -2.40. The van der Waals surface area contributed by atoms with Gasteiger partial charge in [-0.25, -0.2) is 14.8 Å². The Bertz CT molecular complexity index is 1160. The minimum atomic E-state index is -0.539. The molecule has 12 heteroatoms. The molecule has 0 spiro atoms. The zero-order valence-electron chi connectivity index (χ0n) is 17.2. The van der Waals surface area contributed by atoms with Crippen molar-refractivity contribution >= 4 is 40.8 Å². The van der Waals surface area contributed by atoms with Gasteiger partial charge >= 0.3 is 6.09 Å². The second-order valence-corrected chi connectivity index (χ2v) is 8.64. The molecule has 32 heavy (non-hydrogen) atoms. The molecule has 0 aliphatic carbocycles. The summed E-state index contributed by atoms with van der Waals surface area (Å²) < 4.78 is 5.15. The lowest BCUT2D eigenvalue weighted by molar-refractivity contribution is 0.178. The Morgan fingerprint density at radius 2 is 2.09 bits per heavy atom. The largest absolute Gasteiger partial charge is 0.447 e. The summed E-state index contributed by atoms with van der Waals surface area (Å²) >= 11 is 7.52. The van der Waals surface area contributed by atoms with Crippen LogP contribution in [0.2, 0.25) is 5.02 Å². The van der Waals surface area contributed by atoms with Crippen molar-refractivity contribution in [3.05, 3.63) is 63.1 Å². The van der Waals surface area contributed by atoms with Crippen LogP contribution in [-0.2, 0) is 4.74 Å². The third kappa shape index (κ3) is 4.59. The maximum Gasteiger partial charge on any atom is 0.415 e. The molecule has 3 heterocycles. The van der Waals surface area contributed by atoms with Gasteiger partial charge in [0.05, 0.1) is 18.1 Å². The third-order valence-electron chi connectivity index (χ3n) is 4.97. The van der Waals surface area contributed by atoms with Gasteiger partial charge in [0.1, 0.15) is 17.4 Å². The molecular formula is C20H19ClN8O2S. The Balaban J connectivity index is 1.51. The predicted octanol–water partition coefficient (Wildman–Crippen LogP) is 5.45. The molecule has 1 aliphatic rings. The van der Waals surface area contributed by atoms with E-state index in [2.05, 4.69) is 30.3 Å². The average Bonchev–Trinajstić information content (AvgIpc) is 3.42. The standard InChI is InChI=1S/C20H19ClN8O2S/c1-11(27-28-22)15-10-31-20(30)29(15)17-7-8-23-19(26-17)25-12(2)16-9-24-18(32-16)13-3-5-14(21)6-4-13/h3-9,11-12,15H,10H2,1-2H3,(H,23,25,26)/t11-,12+,15?/m1/s1. The van der Waals surface area contributed by atoms with Crippen molar-refractivity contribution in [1.82, 2.24) is 15.0 Å². The van der Waals surface area contributed by atoms with Crippen molar-refractivity contribution < 1.29 is 9.53 Å². The van der Waals surface area contributed by atoms with Gasteiger partial charge in [-0.3, -0.25) is 4.90 Å². The highest BCUT2D eigenvalue weighted by Crippen LogP contribution is 2.31. The van der Waals surface area contributed by atoms with Gasteiger partial charge in [-0.2, -0.15) is 4.98 Å². The molecule has 3 atom stereocenters. The van der Waals surface area contributed by atoms with E-state index in [9.17, 15) is 4.79 Å². The van der Waals surface area contributed by atoms with Crippen LogP contribution in [0.25, 0.3) is 21.0 Å². The second kappa shape index (κ2) is 9.39. The number of hydrogen-bond acceptors (Lipinski definition) is 8. The summed E-state index contributed by atoms with van der Waals surface area (Å²) in [4.78, 5) is 30.7. The van der Waals surface area contributed by atoms with Gasteiger partial charge in [-0.05, 0) is 30.7 Å². The van der Waals surface area contributed by atoms with Crippen LogP contribution >= 0.6 is 22.9 Å². The van der Waals surface area contributed by atoms with Crippen LogP contribution in [-0.4, -0.2) is 39.7 Å². The number of anilines is 2. The molecule has 1 aromatic carbocycles. The first-order valence-corrected chi connectivity index (χ1v) is 11.0. The van der Waals surface area contributed by atoms with Crippen molar-refractivity contribution in [1.29, 1.82) is 0 Å². The Morgan fingerprint density at radius 3 is 2.84 bits per heavy atom. The fraction of sp³-hybridized carbons (Fsp3) is 0.300. The summed E-state index contributed by atoms with van der Waals surface area (Å²) in [5.41, 5.74) is 9.72. The zero-order valence-corrected chi connectivity index (χ0v) is 18.8. The van der Waals surface area contributed by atoms with Crippen molar-refractivity contribution in [2.24, 2.45) is 5.11 Å². The van der Waals surface area contributed by atoms with Crippen LogP contribution in [0.3, 0.4) is 0 Å². The summed E-state index contributed by atoms with van der Waals surface area (Å²) in [5.74, 6) is 0.722. The molecule has 3 aromatic rings. The Morgan fingerprint density at radius 1 is 1.31 bits per heavy atom. The molecule has 4 rings (SSSR count). The van der Waals surface area contributed by atoms with Crippen molar-refractivity contribution in [2.45, 2.75) is 32.0 Å². The first-order chi connectivity index (χ1) is 15.5. The van der Waals surface area contributed by atoms with E-state index in [-0.39, 0.29) is 12.6 Å². The molecule has 2 aromatic heterocycles. The fourth-order valence-corrected chi connectivity index (χ4v) is 4.29. The number of cyclic esters (lactones) is 1. The molecular weight excluding hydrogens is 452 g/mol. The molecule has 1 saturated heterocycles. The number of nitrogens with zero attached hydrogens (tertiary/aromatic N) is 7. The number of halogens is 1. The lowest BCUT2D eigenvalue weighted by Gasteiger charge is -2.23. The topological polar surface area (TPSA) is 129 Å². The van der Waals surface area contributed by atoms with Crippen LogP contribution in [0.4, 0.5) is 16.6 Å². The molecule has 1 unspecified atom stereocenters. The quantitative estimate of drug-likeness (QED) is 0.277. The van der Waals surface area contributed by atoms with E-state index in [1.165, 1.54) is 4.90 Å². The monoisotopic (exact) mass is 470 g/mol. The van der Waals surface area contributed by atoms with Crippen LogP contribution in [0.1, 0.15) is 24.8 Å². The molecule has 10 nitrogen and oxygen atoms in total. The first kappa shape index (κ1) is 21.8. The maximum absolute atomic E-state index is 12.3. The van der Waals surface area contributed by atoms with Gasteiger partial charge < -0.3 is 10.1 Å².